The Balaban J connectivity index is 2.05. The van der Waals surface area contributed by atoms with Crippen LogP contribution in [0.1, 0.15) is 27.2 Å². The van der Waals surface area contributed by atoms with Crippen LogP contribution in [0.5, 0.6) is 0 Å². The topological polar surface area (TPSA) is 114 Å². The highest BCUT2D eigenvalue weighted by Gasteiger charge is 2.18. The van der Waals surface area contributed by atoms with Crippen molar-refractivity contribution in [1.82, 2.24) is 19.5 Å². The summed E-state index contributed by atoms with van der Waals surface area (Å²) in [5.74, 6) is 1.19. The Morgan fingerprint density at radius 3 is 2.68 bits per heavy atom. The van der Waals surface area contributed by atoms with Crippen LogP contribution in [0.25, 0.3) is 11.2 Å². The molecular weight excluding hydrogens is 378 g/mol. The van der Waals surface area contributed by atoms with E-state index in [0.717, 1.165) is 18.6 Å². The van der Waals surface area contributed by atoms with E-state index in [-0.39, 0.29) is 18.6 Å². The molecule has 2 aromatic heterocycles. The molecule has 8 nitrogen and oxygen atoms in total. The standard InChI is InChI=1S/C19H26ClN7O/c1-4-5-27-10-22-16-17(23-14-7-12(20)6-13(21)8-14)25-19(26-18(16)27)24-15(9-28)11(2)3/h6-8,10-11,15,28H,4-5,9,21H2,1-3H3,(H2,23,24,25,26)/t15-/m0/s1. The number of aliphatic hydroxyl groups is 1. The monoisotopic (exact) mass is 403 g/mol. The zero-order valence-corrected chi connectivity index (χ0v) is 17.0. The normalized spacial score (nSPS) is 12.5. The average Bonchev–Trinajstić information content (AvgIpc) is 3.02. The highest BCUT2D eigenvalue weighted by Crippen LogP contribution is 2.28. The molecule has 0 bridgehead atoms. The van der Waals surface area contributed by atoms with Crippen LogP contribution in [0.4, 0.5) is 23.1 Å². The second-order valence-electron chi connectivity index (χ2n) is 7.08. The van der Waals surface area contributed by atoms with Crippen molar-refractivity contribution in [2.75, 3.05) is 23.0 Å². The quantitative estimate of drug-likeness (QED) is 0.424. The number of nitrogens with zero attached hydrogens (tertiary/aromatic N) is 4. The van der Waals surface area contributed by atoms with Gasteiger partial charge in [0.05, 0.1) is 19.0 Å². The Morgan fingerprint density at radius 1 is 1.25 bits per heavy atom. The number of aryl methyl sites for hydroxylation is 1. The first kappa shape index (κ1) is 20.2. The highest BCUT2D eigenvalue weighted by atomic mass is 35.5. The van der Waals surface area contributed by atoms with Crippen LogP contribution in [-0.2, 0) is 6.54 Å². The number of nitrogens with one attached hydrogen (secondary N) is 2. The summed E-state index contributed by atoms with van der Waals surface area (Å²) in [4.78, 5) is 13.7. The van der Waals surface area contributed by atoms with E-state index < -0.39 is 0 Å². The molecule has 0 saturated carbocycles. The van der Waals surface area contributed by atoms with Gasteiger partial charge in [0, 0.05) is 22.9 Å². The molecule has 5 N–H and O–H groups in total. The van der Waals surface area contributed by atoms with E-state index >= 15 is 0 Å². The van der Waals surface area contributed by atoms with Crippen molar-refractivity contribution < 1.29 is 5.11 Å². The summed E-state index contributed by atoms with van der Waals surface area (Å²) in [6.45, 7) is 6.94. The lowest BCUT2D eigenvalue weighted by Gasteiger charge is -2.20. The number of halogens is 1. The number of benzene rings is 1. The van der Waals surface area contributed by atoms with Gasteiger partial charge < -0.3 is 26.0 Å². The summed E-state index contributed by atoms with van der Waals surface area (Å²) in [5, 5.41) is 16.7. The molecule has 28 heavy (non-hydrogen) atoms. The van der Waals surface area contributed by atoms with Gasteiger partial charge in [0.15, 0.2) is 17.0 Å². The zero-order chi connectivity index (χ0) is 20.3. The van der Waals surface area contributed by atoms with Crippen molar-refractivity contribution in [3.8, 4) is 0 Å². The van der Waals surface area contributed by atoms with Gasteiger partial charge >= 0.3 is 0 Å². The first-order valence-electron chi connectivity index (χ1n) is 9.34. The first-order chi connectivity index (χ1) is 13.4. The first-order valence-corrected chi connectivity index (χ1v) is 9.72. The second-order valence-corrected chi connectivity index (χ2v) is 7.52. The molecule has 0 aliphatic carbocycles. The van der Waals surface area contributed by atoms with Gasteiger partial charge in [-0.15, -0.1) is 0 Å². The predicted octanol–water partition coefficient (Wildman–Crippen LogP) is 3.64. The molecule has 0 radical (unpaired) electrons. The number of aliphatic hydroxyl groups excluding tert-OH is 1. The van der Waals surface area contributed by atoms with Gasteiger partial charge in [-0.2, -0.15) is 9.97 Å². The second kappa shape index (κ2) is 8.62. The minimum Gasteiger partial charge on any atom is -0.399 e. The van der Waals surface area contributed by atoms with Gasteiger partial charge in [-0.1, -0.05) is 32.4 Å². The van der Waals surface area contributed by atoms with E-state index in [2.05, 4.69) is 32.5 Å². The van der Waals surface area contributed by atoms with Crippen molar-refractivity contribution in [2.45, 2.75) is 39.8 Å². The summed E-state index contributed by atoms with van der Waals surface area (Å²) in [6.07, 6.45) is 2.72. The molecule has 0 saturated heterocycles. The summed E-state index contributed by atoms with van der Waals surface area (Å²) in [6, 6.07) is 5.07. The third-order valence-corrected chi connectivity index (χ3v) is 4.65. The van der Waals surface area contributed by atoms with Gasteiger partial charge in [0.2, 0.25) is 5.95 Å². The van der Waals surface area contributed by atoms with Crippen LogP contribution in [0.3, 0.4) is 0 Å². The fourth-order valence-corrected chi connectivity index (χ4v) is 3.15. The van der Waals surface area contributed by atoms with Gasteiger partial charge in [0.1, 0.15) is 0 Å². The van der Waals surface area contributed by atoms with Gasteiger partial charge in [-0.05, 0) is 30.5 Å². The number of anilines is 4. The Morgan fingerprint density at radius 2 is 2.04 bits per heavy atom. The maximum absolute atomic E-state index is 9.66. The number of hydrogen-bond acceptors (Lipinski definition) is 7. The number of fused-ring (bicyclic) bond motifs is 1. The summed E-state index contributed by atoms with van der Waals surface area (Å²) < 4.78 is 1.99. The van der Waals surface area contributed by atoms with Gasteiger partial charge in [-0.3, -0.25) is 0 Å². The van der Waals surface area contributed by atoms with E-state index in [1.54, 1.807) is 24.5 Å². The maximum Gasteiger partial charge on any atom is 0.227 e. The molecule has 0 aliphatic rings. The maximum atomic E-state index is 9.66. The number of nitrogens with two attached hydrogens (primary N) is 1. The predicted molar refractivity (Wildman–Crippen MR) is 114 cm³/mol. The molecule has 2 heterocycles. The molecule has 0 fully saturated rings. The Labute approximate surface area is 169 Å². The smallest absolute Gasteiger partial charge is 0.227 e. The Hall–Kier alpha value is -2.58. The molecule has 1 aromatic carbocycles. The number of rotatable bonds is 8. The average molecular weight is 404 g/mol. The molecule has 3 aromatic rings. The molecule has 0 unspecified atom stereocenters. The van der Waals surface area contributed by atoms with Crippen LogP contribution in [0, 0.1) is 5.92 Å². The molecule has 0 amide bonds. The molecule has 1 atom stereocenters. The molecule has 9 heteroatoms. The third kappa shape index (κ3) is 4.45. The lowest BCUT2D eigenvalue weighted by atomic mass is 10.1. The van der Waals surface area contributed by atoms with Crippen LogP contribution < -0.4 is 16.4 Å². The van der Waals surface area contributed by atoms with Crippen LogP contribution in [0.2, 0.25) is 5.02 Å². The Kier molecular flexibility index (Phi) is 6.21. The van der Waals surface area contributed by atoms with Gasteiger partial charge in [0.25, 0.3) is 0 Å². The minimum absolute atomic E-state index is 0.0130. The lowest BCUT2D eigenvalue weighted by Crippen LogP contribution is -2.30. The molecule has 3 rings (SSSR count). The van der Waals surface area contributed by atoms with E-state index in [1.165, 1.54) is 0 Å². The number of aromatic nitrogens is 4. The van der Waals surface area contributed by atoms with Crippen molar-refractivity contribution in [3.63, 3.8) is 0 Å². The SMILES string of the molecule is CCCn1cnc2c(Nc3cc(N)cc(Cl)c3)nc(N[C@@H](CO)C(C)C)nc21. The number of imidazole rings is 1. The highest BCUT2D eigenvalue weighted by molar-refractivity contribution is 6.31. The van der Waals surface area contributed by atoms with Crippen LogP contribution in [0.15, 0.2) is 24.5 Å². The van der Waals surface area contributed by atoms with E-state index in [9.17, 15) is 5.11 Å². The van der Waals surface area contributed by atoms with Crippen molar-refractivity contribution in [1.29, 1.82) is 0 Å². The van der Waals surface area contributed by atoms with Crippen molar-refractivity contribution in [3.05, 3.63) is 29.5 Å². The summed E-state index contributed by atoms with van der Waals surface area (Å²) >= 11 is 6.12. The largest absolute Gasteiger partial charge is 0.399 e. The molecule has 0 spiro atoms. The zero-order valence-electron chi connectivity index (χ0n) is 16.3. The van der Waals surface area contributed by atoms with E-state index in [0.29, 0.717) is 33.7 Å². The number of hydrogen-bond donors (Lipinski definition) is 4. The Bertz CT molecular complexity index is 937. The minimum atomic E-state index is -0.158. The van der Waals surface area contributed by atoms with Crippen molar-refractivity contribution >= 4 is 45.9 Å². The third-order valence-electron chi connectivity index (χ3n) is 4.43. The fraction of sp³-hybridized carbons (Fsp3) is 0.421. The lowest BCUT2D eigenvalue weighted by molar-refractivity contribution is 0.248. The van der Waals surface area contributed by atoms with Gasteiger partial charge in [-0.25, -0.2) is 4.98 Å². The van der Waals surface area contributed by atoms with E-state index in [1.807, 2.05) is 18.4 Å². The molecular formula is C19H26ClN7O. The molecule has 150 valence electrons. The summed E-state index contributed by atoms with van der Waals surface area (Å²) in [7, 11) is 0. The fourth-order valence-electron chi connectivity index (χ4n) is 2.91. The summed E-state index contributed by atoms with van der Waals surface area (Å²) in [5.41, 5.74) is 8.54. The number of nitrogen functional groups attached to an aromatic ring is 1. The van der Waals surface area contributed by atoms with E-state index in [4.69, 9.17) is 17.3 Å². The van der Waals surface area contributed by atoms with Crippen LogP contribution >= 0.6 is 11.6 Å². The van der Waals surface area contributed by atoms with Crippen molar-refractivity contribution in [2.24, 2.45) is 5.92 Å². The molecule has 0 aliphatic heterocycles. The van der Waals surface area contributed by atoms with Crippen LogP contribution in [-0.4, -0.2) is 37.3 Å².